The molecule has 0 aromatic heterocycles. The van der Waals surface area contributed by atoms with Crippen LogP contribution in [-0.2, 0) is 9.84 Å². The Kier molecular flexibility index (Phi) is 2.17. The summed E-state index contributed by atoms with van der Waals surface area (Å²) < 4.78 is 22.8. The van der Waals surface area contributed by atoms with Gasteiger partial charge in [0.05, 0.1) is 4.91 Å². The van der Waals surface area contributed by atoms with E-state index in [2.05, 4.69) is 4.99 Å². The number of rotatable bonds is 1. The molecule has 72 valence electrons. The second kappa shape index (κ2) is 3.22. The van der Waals surface area contributed by atoms with E-state index in [1.807, 2.05) is 6.07 Å². The zero-order chi connectivity index (χ0) is 10.2. The second-order valence-electron chi connectivity index (χ2n) is 2.74. The topological polar surface area (TPSA) is 46.5 Å². The molecule has 0 atom stereocenters. The van der Waals surface area contributed by atoms with Crippen LogP contribution >= 0.6 is 11.6 Å². The highest BCUT2D eigenvalue weighted by molar-refractivity contribution is 8.17. The van der Waals surface area contributed by atoms with E-state index in [1.54, 1.807) is 24.3 Å². The fraction of sp³-hybridized carbons (Fsp3) is 0. The Hall–Kier alpha value is -1.13. The van der Waals surface area contributed by atoms with E-state index >= 15 is 0 Å². The molecular formula is C9H6ClNO2S. The van der Waals surface area contributed by atoms with Gasteiger partial charge in [0, 0.05) is 6.20 Å². The predicted octanol–water partition coefficient (Wildman–Crippen LogP) is 2.01. The molecule has 0 fully saturated rings. The fourth-order valence-electron chi connectivity index (χ4n) is 1.17. The quantitative estimate of drug-likeness (QED) is 0.737. The summed E-state index contributed by atoms with van der Waals surface area (Å²) in [6, 6.07) is 8.74. The third kappa shape index (κ3) is 1.36. The van der Waals surface area contributed by atoms with Crippen molar-refractivity contribution < 1.29 is 8.42 Å². The molecule has 0 radical (unpaired) electrons. The number of halogens is 1. The van der Waals surface area contributed by atoms with Crippen molar-refractivity contribution in [3.05, 3.63) is 42.1 Å². The molecule has 1 aromatic carbocycles. The Balaban J connectivity index is 2.53. The minimum Gasteiger partial charge on any atom is -0.232 e. The molecule has 14 heavy (non-hydrogen) atoms. The van der Waals surface area contributed by atoms with Gasteiger partial charge < -0.3 is 0 Å². The normalized spacial score (nSPS) is 18.9. The van der Waals surface area contributed by atoms with Gasteiger partial charge in [-0.05, 0) is 17.2 Å². The van der Waals surface area contributed by atoms with Gasteiger partial charge in [0.25, 0.3) is 0 Å². The van der Waals surface area contributed by atoms with Gasteiger partial charge in [-0.25, -0.2) is 13.4 Å². The molecule has 1 aliphatic heterocycles. The standard InChI is InChI=1S/C9H6ClNO2S/c10-9-11-6-8(14(9,12)13)7-4-2-1-3-5-7/h1-6H. The highest BCUT2D eigenvalue weighted by atomic mass is 35.5. The summed E-state index contributed by atoms with van der Waals surface area (Å²) in [4.78, 5) is 3.73. The van der Waals surface area contributed by atoms with Crippen LogP contribution < -0.4 is 0 Å². The zero-order valence-electron chi connectivity index (χ0n) is 7.01. The molecule has 0 unspecified atom stereocenters. The predicted molar refractivity (Wildman–Crippen MR) is 56.6 cm³/mol. The summed E-state index contributed by atoms with van der Waals surface area (Å²) in [7, 11) is -3.54. The van der Waals surface area contributed by atoms with Crippen molar-refractivity contribution in [1.29, 1.82) is 0 Å². The average molecular weight is 228 g/mol. The molecule has 1 aromatic rings. The van der Waals surface area contributed by atoms with Crippen LogP contribution in [0.1, 0.15) is 5.56 Å². The molecule has 0 aliphatic carbocycles. The number of hydrogen-bond donors (Lipinski definition) is 0. The fourth-order valence-corrected chi connectivity index (χ4v) is 2.48. The molecule has 0 spiro atoms. The monoisotopic (exact) mass is 227 g/mol. The lowest BCUT2D eigenvalue weighted by molar-refractivity contribution is 0.617. The molecule has 1 aliphatic rings. The highest BCUT2D eigenvalue weighted by Crippen LogP contribution is 2.28. The van der Waals surface area contributed by atoms with Crippen molar-refractivity contribution in [2.75, 3.05) is 0 Å². The van der Waals surface area contributed by atoms with E-state index in [4.69, 9.17) is 11.6 Å². The first kappa shape index (κ1) is 9.43. The Morgan fingerprint density at radius 3 is 2.29 bits per heavy atom. The van der Waals surface area contributed by atoms with Crippen LogP contribution in [0.4, 0.5) is 0 Å². The van der Waals surface area contributed by atoms with Crippen LogP contribution in [0, 0.1) is 0 Å². The minimum absolute atomic E-state index is 0.156. The summed E-state index contributed by atoms with van der Waals surface area (Å²) in [5, 5.41) is 0. The van der Waals surface area contributed by atoms with Crippen LogP contribution in [0.15, 0.2) is 41.5 Å². The Bertz CT molecular complexity index is 517. The molecule has 3 nitrogen and oxygen atoms in total. The lowest BCUT2D eigenvalue weighted by atomic mass is 10.2. The SMILES string of the molecule is O=S1(=O)C(c2ccccc2)=CN=C1Cl. The Morgan fingerprint density at radius 1 is 1.14 bits per heavy atom. The lowest BCUT2D eigenvalue weighted by Gasteiger charge is -2.00. The lowest BCUT2D eigenvalue weighted by Crippen LogP contribution is -2.05. The third-order valence-electron chi connectivity index (χ3n) is 1.85. The van der Waals surface area contributed by atoms with E-state index in [0.717, 1.165) is 0 Å². The van der Waals surface area contributed by atoms with Gasteiger partial charge in [-0.15, -0.1) is 0 Å². The van der Waals surface area contributed by atoms with Crippen molar-refractivity contribution >= 4 is 30.8 Å². The van der Waals surface area contributed by atoms with Gasteiger partial charge in [-0.1, -0.05) is 30.3 Å². The van der Waals surface area contributed by atoms with Gasteiger partial charge in [0.2, 0.25) is 14.3 Å². The summed E-state index contributed by atoms with van der Waals surface area (Å²) >= 11 is 5.46. The molecule has 5 heteroatoms. The molecule has 0 bridgehead atoms. The van der Waals surface area contributed by atoms with Gasteiger partial charge in [0.1, 0.15) is 0 Å². The number of nitrogens with zero attached hydrogens (tertiary/aromatic N) is 1. The summed E-state index contributed by atoms with van der Waals surface area (Å²) in [5.74, 6) is 0. The summed E-state index contributed by atoms with van der Waals surface area (Å²) in [6.07, 6.45) is 1.27. The highest BCUT2D eigenvalue weighted by Gasteiger charge is 2.28. The van der Waals surface area contributed by atoms with Crippen molar-refractivity contribution in [3.63, 3.8) is 0 Å². The van der Waals surface area contributed by atoms with Crippen LogP contribution in [0.3, 0.4) is 0 Å². The first-order valence-corrected chi connectivity index (χ1v) is 5.72. The van der Waals surface area contributed by atoms with Crippen LogP contribution in [0.25, 0.3) is 4.91 Å². The molecule has 0 saturated heterocycles. The maximum Gasteiger partial charge on any atom is 0.237 e. The minimum atomic E-state index is -3.54. The smallest absolute Gasteiger partial charge is 0.232 e. The number of sulfone groups is 1. The van der Waals surface area contributed by atoms with E-state index in [1.165, 1.54) is 6.20 Å². The maximum atomic E-state index is 11.6. The van der Waals surface area contributed by atoms with E-state index in [0.29, 0.717) is 5.56 Å². The largest absolute Gasteiger partial charge is 0.237 e. The number of aliphatic imine (C=N–C) groups is 1. The van der Waals surface area contributed by atoms with Crippen molar-refractivity contribution in [2.45, 2.75) is 0 Å². The third-order valence-corrected chi connectivity index (χ3v) is 4.03. The Labute approximate surface area is 86.7 Å². The van der Waals surface area contributed by atoms with Crippen molar-refractivity contribution in [2.24, 2.45) is 4.99 Å². The first-order valence-electron chi connectivity index (χ1n) is 3.86. The van der Waals surface area contributed by atoms with Crippen LogP contribution in [-0.4, -0.2) is 12.9 Å². The van der Waals surface area contributed by atoms with Crippen molar-refractivity contribution in [3.8, 4) is 0 Å². The average Bonchev–Trinajstić information content (AvgIpc) is 2.44. The van der Waals surface area contributed by atoms with Crippen LogP contribution in [0.5, 0.6) is 0 Å². The molecule has 2 rings (SSSR count). The van der Waals surface area contributed by atoms with Gasteiger partial charge in [-0.2, -0.15) is 0 Å². The van der Waals surface area contributed by atoms with Gasteiger partial charge in [-0.3, -0.25) is 0 Å². The summed E-state index contributed by atoms with van der Waals surface area (Å²) in [6.45, 7) is 0. The first-order chi connectivity index (χ1) is 6.62. The summed E-state index contributed by atoms with van der Waals surface area (Å²) in [5.41, 5.74) is 0.604. The maximum absolute atomic E-state index is 11.6. The van der Waals surface area contributed by atoms with E-state index in [-0.39, 0.29) is 9.41 Å². The molecule has 0 saturated carbocycles. The Morgan fingerprint density at radius 2 is 1.79 bits per heavy atom. The zero-order valence-corrected chi connectivity index (χ0v) is 8.59. The number of hydrogen-bond acceptors (Lipinski definition) is 3. The molecular weight excluding hydrogens is 222 g/mol. The molecule has 0 amide bonds. The van der Waals surface area contributed by atoms with E-state index < -0.39 is 9.84 Å². The second-order valence-corrected chi connectivity index (χ2v) is 5.16. The van der Waals surface area contributed by atoms with Gasteiger partial charge in [0.15, 0.2) is 0 Å². The number of benzene rings is 1. The van der Waals surface area contributed by atoms with Crippen LogP contribution in [0.2, 0.25) is 0 Å². The molecule has 1 heterocycles. The van der Waals surface area contributed by atoms with E-state index in [9.17, 15) is 8.42 Å². The van der Waals surface area contributed by atoms with Gasteiger partial charge >= 0.3 is 0 Å². The van der Waals surface area contributed by atoms with Crippen molar-refractivity contribution in [1.82, 2.24) is 0 Å². The molecule has 0 N–H and O–H groups in total.